The van der Waals surface area contributed by atoms with Crippen LogP contribution in [0.4, 0.5) is 4.79 Å². The third kappa shape index (κ3) is 9.70. The highest BCUT2D eigenvalue weighted by atomic mass is 16.6. The molecule has 0 heterocycles. The highest BCUT2D eigenvalue weighted by molar-refractivity contribution is 6.41. The van der Waals surface area contributed by atoms with Gasteiger partial charge < -0.3 is 14.9 Å². The molecule has 0 aromatic rings. The molecule has 146 valence electrons. The number of aliphatic hydroxyl groups is 2. The van der Waals surface area contributed by atoms with Crippen molar-refractivity contribution in [2.75, 3.05) is 13.2 Å². The SMILES string of the molecule is CC(C)[C@@H](CO)CC(=O)/C(C[C@H](CO)C(C)C)=N\C(=O)OC(C)(C)C. The van der Waals surface area contributed by atoms with Crippen molar-refractivity contribution in [3.63, 3.8) is 0 Å². The second-order valence-electron chi connectivity index (χ2n) is 8.24. The molecule has 0 aliphatic heterocycles. The van der Waals surface area contributed by atoms with Crippen molar-refractivity contribution < 1.29 is 24.5 Å². The molecule has 0 radical (unpaired) electrons. The summed E-state index contributed by atoms with van der Waals surface area (Å²) in [6.45, 7) is 12.8. The Bertz CT molecular complexity index is 463. The molecule has 2 N–H and O–H groups in total. The van der Waals surface area contributed by atoms with E-state index in [4.69, 9.17) is 4.74 Å². The van der Waals surface area contributed by atoms with Crippen LogP contribution in [0, 0.1) is 23.7 Å². The lowest BCUT2D eigenvalue weighted by Crippen LogP contribution is -2.29. The van der Waals surface area contributed by atoms with Gasteiger partial charge in [-0.05, 0) is 50.9 Å². The van der Waals surface area contributed by atoms with E-state index in [1.807, 2.05) is 27.7 Å². The maximum absolute atomic E-state index is 12.7. The van der Waals surface area contributed by atoms with E-state index in [9.17, 15) is 19.8 Å². The molecule has 0 fully saturated rings. The van der Waals surface area contributed by atoms with Crippen molar-refractivity contribution in [1.29, 1.82) is 0 Å². The lowest BCUT2D eigenvalue weighted by atomic mass is 9.86. The molecule has 2 atom stereocenters. The molecule has 0 unspecified atom stereocenters. The zero-order valence-corrected chi connectivity index (χ0v) is 16.7. The summed E-state index contributed by atoms with van der Waals surface area (Å²) in [6.07, 6.45) is -0.476. The minimum Gasteiger partial charge on any atom is -0.442 e. The Morgan fingerprint density at radius 2 is 1.36 bits per heavy atom. The molecule has 0 saturated heterocycles. The van der Waals surface area contributed by atoms with Gasteiger partial charge in [-0.3, -0.25) is 4.79 Å². The van der Waals surface area contributed by atoms with Crippen molar-refractivity contribution in [2.24, 2.45) is 28.7 Å². The zero-order valence-electron chi connectivity index (χ0n) is 16.7. The summed E-state index contributed by atoms with van der Waals surface area (Å²) in [6, 6.07) is 0. The van der Waals surface area contributed by atoms with Crippen LogP contribution in [-0.4, -0.2) is 46.6 Å². The van der Waals surface area contributed by atoms with Crippen LogP contribution in [0.5, 0.6) is 0 Å². The standard InChI is InChI=1S/C19H35NO5/c1-12(2)14(10-21)8-16(20-18(24)25-19(5,6)7)17(23)9-15(11-22)13(3)4/h12-15,21-22H,8-11H2,1-7H3/b20-16-/t14-,15-/m1/s1. The maximum Gasteiger partial charge on any atom is 0.434 e. The summed E-state index contributed by atoms with van der Waals surface area (Å²) < 4.78 is 5.18. The van der Waals surface area contributed by atoms with Gasteiger partial charge in [0.15, 0.2) is 5.78 Å². The number of rotatable bonds is 9. The van der Waals surface area contributed by atoms with Crippen LogP contribution in [0.3, 0.4) is 0 Å². The van der Waals surface area contributed by atoms with Crippen molar-refractivity contribution >= 4 is 17.6 Å². The molecule has 0 aliphatic rings. The van der Waals surface area contributed by atoms with E-state index < -0.39 is 11.7 Å². The van der Waals surface area contributed by atoms with Gasteiger partial charge in [0.25, 0.3) is 0 Å². The number of ether oxygens (including phenoxy) is 1. The largest absolute Gasteiger partial charge is 0.442 e. The number of Topliss-reactive ketones (excluding diaryl/α,β-unsaturated/α-hetero) is 1. The average Bonchev–Trinajstić information content (AvgIpc) is 2.45. The molecule has 0 aromatic carbocycles. The first kappa shape index (κ1) is 23.7. The quantitative estimate of drug-likeness (QED) is 0.618. The molecule has 25 heavy (non-hydrogen) atoms. The molecule has 0 spiro atoms. The smallest absolute Gasteiger partial charge is 0.434 e. The summed E-state index contributed by atoms with van der Waals surface area (Å²) >= 11 is 0. The van der Waals surface area contributed by atoms with Gasteiger partial charge in [-0.2, -0.15) is 4.99 Å². The van der Waals surface area contributed by atoms with Gasteiger partial charge in [-0.15, -0.1) is 0 Å². The van der Waals surface area contributed by atoms with Gasteiger partial charge in [-0.25, -0.2) is 4.79 Å². The number of hydrogen-bond acceptors (Lipinski definition) is 5. The number of amides is 1. The van der Waals surface area contributed by atoms with E-state index >= 15 is 0 Å². The molecule has 6 nitrogen and oxygen atoms in total. The molecular weight excluding hydrogens is 322 g/mol. The van der Waals surface area contributed by atoms with E-state index in [1.54, 1.807) is 20.8 Å². The number of carbonyl (C=O) groups is 2. The first-order valence-electron chi connectivity index (χ1n) is 8.96. The van der Waals surface area contributed by atoms with E-state index in [1.165, 1.54) is 0 Å². The molecule has 0 aromatic heterocycles. The number of hydrogen-bond donors (Lipinski definition) is 2. The normalized spacial score (nSPS) is 15.4. The maximum atomic E-state index is 12.7. The topological polar surface area (TPSA) is 96.2 Å². The Kier molecular flexibility index (Phi) is 10.1. The van der Waals surface area contributed by atoms with Crippen molar-refractivity contribution in [3.05, 3.63) is 0 Å². The van der Waals surface area contributed by atoms with Crippen LogP contribution in [0.25, 0.3) is 0 Å². The zero-order chi connectivity index (χ0) is 19.8. The minimum absolute atomic E-state index is 0.0914. The second-order valence-corrected chi connectivity index (χ2v) is 8.24. The second kappa shape index (κ2) is 10.7. The number of ketones is 1. The Morgan fingerprint density at radius 3 is 1.72 bits per heavy atom. The Morgan fingerprint density at radius 1 is 0.920 bits per heavy atom. The fraction of sp³-hybridized carbons (Fsp3) is 0.842. The highest BCUT2D eigenvalue weighted by Crippen LogP contribution is 2.20. The van der Waals surface area contributed by atoms with Crippen molar-refractivity contribution in [1.82, 2.24) is 0 Å². The predicted molar refractivity (Wildman–Crippen MR) is 98.7 cm³/mol. The van der Waals surface area contributed by atoms with Crippen LogP contribution >= 0.6 is 0 Å². The average molecular weight is 357 g/mol. The summed E-state index contributed by atoms with van der Waals surface area (Å²) in [5, 5.41) is 19.0. The Hall–Kier alpha value is -1.27. The lowest BCUT2D eigenvalue weighted by Gasteiger charge is -2.22. The number of nitrogens with zero attached hydrogens (tertiary/aromatic N) is 1. The van der Waals surface area contributed by atoms with E-state index in [0.717, 1.165) is 0 Å². The molecule has 1 amide bonds. The first-order chi connectivity index (χ1) is 11.4. The number of aliphatic hydroxyl groups excluding tert-OH is 2. The minimum atomic E-state index is -0.804. The van der Waals surface area contributed by atoms with Crippen molar-refractivity contribution in [2.45, 2.75) is 66.9 Å². The monoisotopic (exact) mass is 357 g/mol. The molecule has 6 heteroatoms. The van der Waals surface area contributed by atoms with Crippen LogP contribution < -0.4 is 0 Å². The van der Waals surface area contributed by atoms with Crippen LogP contribution in [-0.2, 0) is 9.53 Å². The van der Waals surface area contributed by atoms with Gasteiger partial charge >= 0.3 is 6.09 Å². The van der Waals surface area contributed by atoms with Crippen LogP contribution in [0.2, 0.25) is 0 Å². The van der Waals surface area contributed by atoms with Crippen molar-refractivity contribution in [3.8, 4) is 0 Å². The summed E-state index contributed by atoms with van der Waals surface area (Å²) in [7, 11) is 0. The van der Waals surface area contributed by atoms with Gasteiger partial charge in [-0.1, -0.05) is 27.7 Å². The number of carbonyl (C=O) groups excluding carboxylic acids is 2. The molecule has 0 aliphatic carbocycles. The van der Waals surface area contributed by atoms with Gasteiger partial charge in [0.2, 0.25) is 0 Å². The molecule has 0 bridgehead atoms. The fourth-order valence-corrected chi connectivity index (χ4v) is 2.24. The molecule has 0 rings (SSSR count). The highest BCUT2D eigenvalue weighted by Gasteiger charge is 2.26. The third-order valence-corrected chi connectivity index (χ3v) is 4.20. The Balaban J connectivity index is 5.43. The lowest BCUT2D eigenvalue weighted by molar-refractivity contribution is -0.114. The first-order valence-corrected chi connectivity index (χ1v) is 8.96. The van der Waals surface area contributed by atoms with E-state index in [0.29, 0.717) is 0 Å². The number of aliphatic imine (C=N–C) groups is 1. The fourth-order valence-electron chi connectivity index (χ4n) is 2.24. The van der Waals surface area contributed by atoms with E-state index in [2.05, 4.69) is 4.99 Å². The molecule has 0 saturated carbocycles. The summed E-state index contributed by atoms with van der Waals surface area (Å²) in [4.78, 5) is 28.6. The van der Waals surface area contributed by atoms with Gasteiger partial charge in [0.05, 0.1) is 5.71 Å². The van der Waals surface area contributed by atoms with Gasteiger partial charge in [0, 0.05) is 19.6 Å². The van der Waals surface area contributed by atoms with Crippen LogP contribution in [0.15, 0.2) is 4.99 Å². The Labute approximate surface area is 151 Å². The summed E-state index contributed by atoms with van der Waals surface area (Å²) in [5.41, 5.74) is -0.588. The van der Waals surface area contributed by atoms with Crippen LogP contribution in [0.1, 0.15) is 61.3 Å². The van der Waals surface area contributed by atoms with Gasteiger partial charge in [0.1, 0.15) is 5.60 Å². The summed E-state index contributed by atoms with van der Waals surface area (Å²) in [5.74, 6) is -0.367. The van der Waals surface area contributed by atoms with E-state index in [-0.39, 0.29) is 61.2 Å². The predicted octanol–water partition coefficient (Wildman–Crippen LogP) is 3.24. The third-order valence-electron chi connectivity index (χ3n) is 4.20. The molecular formula is C19H35NO5.